The van der Waals surface area contributed by atoms with E-state index in [1.165, 1.54) is 0 Å². The highest BCUT2D eigenvalue weighted by atomic mass is 16.2. The Balaban J connectivity index is 1.88. The number of benzene rings is 1. The summed E-state index contributed by atoms with van der Waals surface area (Å²) in [6.45, 7) is 3.67. The second-order valence-electron chi connectivity index (χ2n) is 4.93. The molecule has 1 aliphatic heterocycles. The van der Waals surface area contributed by atoms with Gasteiger partial charge in [0.25, 0.3) is 5.91 Å². The molecule has 0 bridgehead atoms. The fourth-order valence-corrected chi connectivity index (χ4v) is 2.53. The van der Waals surface area contributed by atoms with Crippen LogP contribution < -0.4 is 0 Å². The summed E-state index contributed by atoms with van der Waals surface area (Å²) in [7, 11) is 0. The van der Waals surface area contributed by atoms with Crippen molar-refractivity contribution in [2.75, 3.05) is 6.54 Å². The first-order valence-corrected chi connectivity index (χ1v) is 6.55. The standard InChI is InChI=1S/C15H15N3O2/c1-11-4-2-3-5-12(11)15(20)17-6-7-18-10-16-13(9-19)14(18)8-17/h2-5,9-10H,6-8H2,1H3. The van der Waals surface area contributed by atoms with Gasteiger partial charge in [-0.05, 0) is 18.6 Å². The Labute approximate surface area is 116 Å². The number of hydrogen-bond acceptors (Lipinski definition) is 3. The summed E-state index contributed by atoms with van der Waals surface area (Å²) in [5.41, 5.74) is 2.92. The van der Waals surface area contributed by atoms with Gasteiger partial charge in [0.1, 0.15) is 5.69 Å². The van der Waals surface area contributed by atoms with Crippen LogP contribution in [0.5, 0.6) is 0 Å². The minimum absolute atomic E-state index is 0.00685. The fourth-order valence-electron chi connectivity index (χ4n) is 2.53. The summed E-state index contributed by atoms with van der Waals surface area (Å²) < 4.78 is 1.94. The van der Waals surface area contributed by atoms with Gasteiger partial charge in [-0.3, -0.25) is 9.59 Å². The van der Waals surface area contributed by atoms with Crippen molar-refractivity contribution in [3.8, 4) is 0 Å². The average Bonchev–Trinajstić information content (AvgIpc) is 2.89. The lowest BCUT2D eigenvalue weighted by atomic mass is 10.1. The summed E-state index contributed by atoms with van der Waals surface area (Å²) in [4.78, 5) is 29.3. The lowest BCUT2D eigenvalue weighted by Crippen LogP contribution is -2.38. The number of carbonyl (C=O) groups excluding carboxylic acids is 2. The molecule has 0 radical (unpaired) electrons. The Kier molecular flexibility index (Phi) is 3.10. The van der Waals surface area contributed by atoms with Crippen LogP contribution >= 0.6 is 0 Å². The largest absolute Gasteiger partial charge is 0.331 e. The Morgan fingerprint density at radius 1 is 1.30 bits per heavy atom. The van der Waals surface area contributed by atoms with Gasteiger partial charge < -0.3 is 9.47 Å². The molecule has 5 heteroatoms. The Bertz CT molecular complexity index is 676. The Morgan fingerprint density at radius 3 is 2.85 bits per heavy atom. The first-order chi connectivity index (χ1) is 9.70. The second-order valence-corrected chi connectivity index (χ2v) is 4.93. The van der Waals surface area contributed by atoms with Crippen LogP contribution in [-0.2, 0) is 13.1 Å². The molecule has 20 heavy (non-hydrogen) atoms. The summed E-state index contributed by atoms with van der Waals surface area (Å²) in [5, 5.41) is 0. The van der Waals surface area contributed by atoms with Gasteiger partial charge in [0, 0.05) is 18.7 Å². The van der Waals surface area contributed by atoms with Crippen LogP contribution in [-0.4, -0.2) is 33.2 Å². The molecule has 2 heterocycles. The van der Waals surface area contributed by atoms with Gasteiger partial charge in [-0.25, -0.2) is 4.98 Å². The molecular weight excluding hydrogens is 254 g/mol. The normalized spacial score (nSPS) is 13.9. The molecule has 0 fully saturated rings. The van der Waals surface area contributed by atoms with E-state index in [4.69, 9.17) is 0 Å². The molecule has 1 aromatic heterocycles. The van der Waals surface area contributed by atoms with Crippen LogP contribution in [0.3, 0.4) is 0 Å². The maximum atomic E-state index is 12.6. The molecule has 3 rings (SSSR count). The summed E-state index contributed by atoms with van der Waals surface area (Å²) in [5.74, 6) is 0.00685. The third kappa shape index (κ3) is 2.01. The summed E-state index contributed by atoms with van der Waals surface area (Å²) in [6, 6.07) is 7.55. The second kappa shape index (κ2) is 4.92. The SMILES string of the molecule is Cc1ccccc1C(=O)N1CCn2cnc(C=O)c2C1. The van der Waals surface area contributed by atoms with Gasteiger partial charge in [-0.15, -0.1) is 0 Å². The van der Waals surface area contributed by atoms with Crippen LogP contribution in [0.1, 0.15) is 32.1 Å². The Hall–Kier alpha value is -2.43. The molecule has 0 unspecified atom stereocenters. The number of nitrogens with zero attached hydrogens (tertiary/aromatic N) is 3. The molecule has 1 aromatic carbocycles. The molecule has 0 aliphatic carbocycles. The van der Waals surface area contributed by atoms with Gasteiger partial charge in [0.2, 0.25) is 0 Å². The van der Waals surface area contributed by atoms with Crippen molar-refractivity contribution in [3.63, 3.8) is 0 Å². The minimum Gasteiger partial charge on any atom is -0.331 e. The van der Waals surface area contributed by atoms with Crippen LogP contribution in [0, 0.1) is 6.92 Å². The van der Waals surface area contributed by atoms with E-state index in [9.17, 15) is 9.59 Å². The van der Waals surface area contributed by atoms with E-state index < -0.39 is 0 Å². The highest BCUT2D eigenvalue weighted by Gasteiger charge is 2.24. The fraction of sp³-hybridized carbons (Fsp3) is 0.267. The third-order valence-electron chi connectivity index (χ3n) is 3.70. The highest BCUT2D eigenvalue weighted by Crippen LogP contribution is 2.18. The zero-order valence-electron chi connectivity index (χ0n) is 11.2. The number of carbonyl (C=O) groups is 2. The van der Waals surface area contributed by atoms with Crippen LogP contribution in [0.15, 0.2) is 30.6 Å². The molecule has 1 amide bonds. The first kappa shape index (κ1) is 12.6. The van der Waals surface area contributed by atoms with Gasteiger partial charge in [-0.1, -0.05) is 18.2 Å². The topological polar surface area (TPSA) is 55.2 Å². The van der Waals surface area contributed by atoms with E-state index >= 15 is 0 Å². The summed E-state index contributed by atoms with van der Waals surface area (Å²) in [6.07, 6.45) is 2.40. The van der Waals surface area contributed by atoms with Gasteiger partial charge >= 0.3 is 0 Å². The quantitative estimate of drug-likeness (QED) is 0.779. The number of rotatable bonds is 2. The van der Waals surface area contributed by atoms with Crippen molar-refractivity contribution in [2.45, 2.75) is 20.0 Å². The van der Waals surface area contributed by atoms with Crippen molar-refractivity contribution in [1.82, 2.24) is 14.5 Å². The zero-order chi connectivity index (χ0) is 14.1. The number of hydrogen-bond donors (Lipinski definition) is 0. The molecule has 2 aromatic rings. The third-order valence-corrected chi connectivity index (χ3v) is 3.70. The molecule has 5 nitrogen and oxygen atoms in total. The van der Waals surface area contributed by atoms with Crippen molar-refractivity contribution < 1.29 is 9.59 Å². The minimum atomic E-state index is 0.00685. The first-order valence-electron chi connectivity index (χ1n) is 6.55. The van der Waals surface area contributed by atoms with E-state index in [-0.39, 0.29) is 5.91 Å². The smallest absolute Gasteiger partial charge is 0.254 e. The summed E-state index contributed by atoms with van der Waals surface area (Å²) >= 11 is 0. The average molecular weight is 269 g/mol. The number of amides is 1. The molecular formula is C15H15N3O2. The van der Waals surface area contributed by atoms with E-state index in [0.29, 0.717) is 30.9 Å². The van der Waals surface area contributed by atoms with Crippen LogP contribution in [0.4, 0.5) is 0 Å². The predicted octanol–water partition coefficient (Wildman–Crippen LogP) is 1.66. The molecule has 0 spiro atoms. The number of aldehydes is 1. The van der Waals surface area contributed by atoms with Crippen molar-refractivity contribution in [3.05, 3.63) is 53.1 Å². The van der Waals surface area contributed by atoms with E-state index in [1.54, 1.807) is 11.2 Å². The van der Waals surface area contributed by atoms with Crippen LogP contribution in [0.25, 0.3) is 0 Å². The number of aromatic nitrogens is 2. The highest BCUT2D eigenvalue weighted by molar-refractivity contribution is 5.95. The maximum Gasteiger partial charge on any atom is 0.254 e. The van der Waals surface area contributed by atoms with Gasteiger partial charge in [0.15, 0.2) is 6.29 Å². The van der Waals surface area contributed by atoms with Crippen molar-refractivity contribution in [2.24, 2.45) is 0 Å². The lowest BCUT2D eigenvalue weighted by molar-refractivity contribution is 0.0708. The lowest BCUT2D eigenvalue weighted by Gasteiger charge is -2.29. The monoisotopic (exact) mass is 269 g/mol. The van der Waals surface area contributed by atoms with E-state index in [1.807, 2.05) is 35.8 Å². The Morgan fingerprint density at radius 2 is 2.10 bits per heavy atom. The number of imidazole rings is 1. The van der Waals surface area contributed by atoms with E-state index in [0.717, 1.165) is 17.5 Å². The van der Waals surface area contributed by atoms with Crippen LogP contribution in [0.2, 0.25) is 0 Å². The molecule has 0 saturated heterocycles. The molecule has 0 saturated carbocycles. The number of fused-ring (bicyclic) bond motifs is 1. The molecule has 0 atom stereocenters. The predicted molar refractivity (Wildman–Crippen MR) is 73.5 cm³/mol. The van der Waals surface area contributed by atoms with Crippen molar-refractivity contribution in [1.29, 1.82) is 0 Å². The molecule has 0 N–H and O–H groups in total. The molecule has 102 valence electrons. The van der Waals surface area contributed by atoms with Gasteiger partial charge in [-0.2, -0.15) is 0 Å². The maximum absolute atomic E-state index is 12.6. The van der Waals surface area contributed by atoms with E-state index in [2.05, 4.69) is 4.98 Å². The number of aryl methyl sites for hydroxylation is 1. The van der Waals surface area contributed by atoms with Gasteiger partial charge in [0.05, 0.1) is 18.6 Å². The van der Waals surface area contributed by atoms with Crippen molar-refractivity contribution >= 4 is 12.2 Å². The zero-order valence-corrected chi connectivity index (χ0v) is 11.2. The molecule has 1 aliphatic rings.